The first-order valence-electron chi connectivity index (χ1n) is 6.31. The van der Waals surface area contributed by atoms with Crippen LogP contribution in [0.5, 0.6) is 0 Å². The van der Waals surface area contributed by atoms with Crippen molar-refractivity contribution in [2.24, 2.45) is 0 Å². The summed E-state index contributed by atoms with van der Waals surface area (Å²) < 4.78 is 0. The van der Waals surface area contributed by atoms with E-state index >= 15 is 0 Å². The second-order valence-corrected chi connectivity index (χ2v) is 4.77. The van der Waals surface area contributed by atoms with Gasteiger partial charge in [0.2, 0.25) is 0 Å². The smallest absolute Gasteiger partial charge is 0.339 e. The largest absolute Gasteiger partial charge is 0.478 e. The molecule has 0 atom stereocenters. The van der Waals surface area contributed by atoms with E-state index in [1.165, 1.54) is 6.20 Å². The SMILES string of the molecule is Cc1cc(N(C)Cc2cccc(C)n2)c(C(=O)O)cn1. The molecule has 0 saturated carbocycles. The number of pyridine rings is 2. The van der Waals surface area contributed by atoms with Gasteiger partial charge in [-0.2, -0.15) is 0 Å². The second kappa shape index (κ2) is 5.69. The normalized spacial score (nSPS) is 10.3. The van der Waals surface area contributed by atoms with E-state index in [1.54, 1.807) is 6.07 Å². The lowest BCUT2D eigenvalue weighted by atomic mass is 10.2. The summed E-state index contributed by atoms with van der Waals surface area (Å²) in [4.78, 5) is 21.6. The van der Waals surface area contributed by atoms with E-state index in [9.17, 15) is 9.90 Å². The predicted octanol–water partition coefficient (Wildman–Crippen LogP) is 2.43. The first-order chi connectivity index (χ1) is 9.47. The third-order valence-electron chi connectivity index (χ3n) is 3.01. The zero-order chi connectivity index (χ0) is 14.7. The molecule has 5 nitrogen and oxygen atoms in total. The Labute approximate surface area is 117 Å². The van der Waals surface area contributed by atoms with Crippen LogP contribution in [0.15, 0.2) is 30.5 Å². The number of carboxylic acid groups (broad SMARTS) is 1. The molecule has 0 bridgehead atoms. The zero-order valence-electron chi connectivity index (χ0n) is 11.8. The number of aromatic nitrogens is 2. The van der Waals surface area contributed by atoms with Gasteiger partial charge in [0.25, 0.3) is 0 Å². The van der Waals surface area contributed by atoms with Gasteiger partial charge in [-0.15, -0.1) is 0 Å². The fourth-order valence-corrected chi connectivity index (χ4v) is 2.04. The Balaban J connectivity index is 2.31. The van der Waals surface area contributed by atoms with Gasteiger partial charge in [0, 0.05) is 24.6 Å². The predicted molar refractivity (Wildman–Crippen MR) is 77.0 cm³/mol. The molecule has 20 heavy (non-hydrogen) atoms. The molecule has 0 unspecified atom stereocenters. The van der Waals surface area contributed by atoms with Crippen LogP contribution in [0.1, 0.15) is 27.4 Å². The molecule has 2 aromatic rings. The van der Waals surface area contributed by atoms with Crippen LogP contribution < -0.4 is 4.90 Å². The summed E-state index contributed by atoms with van der Waals surface area (Å²) in [7, 11) is 1.85. The molecule has 0 radical (unpaired) electrons. The van der Waals surface area contributed by atoms with E-state index in [2.05, 4.69) is 9.97 Å². The van der Waals surface area contributed by atoms with Crippen LogP contribution in [-0.2, 0) is 6.54 Å². The molecular formula is C15H17N3O2. The molecule has 5 heteroatoms. The number of aromatic carboxylic acids is 1. The first-order valence-corrected chi connectivity index (χ1v) is 6.31. The molecule has 0 fully saturated rings. The lowest BCUT2D eigenvalue weighted by Crippen LogP contribution is -2.20. The minimum Gasteiger partial charge on any atom is -0.478 e. The molecule has 0 aliphatic rings. The maximum absolute atomic E-state index is 11.3. The fraction of sp³-hybridized carbons (Fsp3) is 0.267. The average Bonchev–Trinajstić information content (AvgIpc) is 2.38. The zero-order valence-corrected chi connectivity index (χ0v) is 11.8. The summed E-state index contributed by atoms with van der Waals surface area (Å²) in [5.74, 6) is -0.975. The van der Waals surface area contributed by atoms with E-state index in [0.717, 1.165) is 17.1 Å². The van der Waals surface area contributed by atoms with Crippen LogP contribution in [0.25, 0.3) is 0 Å². The van der Waals surface area contributed by atoms with Crippen molar-refractivity contribution in [3.8, 4) is 0 Å². The first kappa shape index (κ1) is 14.0. The number of aryl methyl sites for hydroxylation is 2. The number of hydrogen-bond donors (Lipinski definition) is 1. The number of nitrogens with zero attached hydrogens (tertiary/aromatic N) is 3. The molecule has 2 heterocycles. The van der Waals surface area contributed by atoms with Gasteiger partial charge in [-0.1, -0.05) is 6.07 Å². The molecule has 0 aromatic carbocycles. The van der Waals surface area contributed by atoms with Crippen LogP contribution in [0.4, 0.5) is 5.69 Å². The lowest BCUT2D eigenvalue weighted by molar-refractivity contribution is 0.0697. The Morgan fingerprint density at radius 1 is 1.30 bits per heavy atom. The maximum Gasteiger partial charge on any atom is 0.339 e. The standard InChI is InChI=1S/C15H17N3O2/c1-10-5-4-6-12(17-10)9-18(3)14-7-11(2)16-8-13(14)15(19)20/h4-8H,9H2,1-3H3,(H,19,20). The van der Waals surface area contributed by atoms with Crippen LogP contribution in [-0.4, -0.2) is 28.1 Å². The van der Waals surface area contributed by atoms with Crippen LogP contribution in [0.3, 0.4) is 0 Å². The van der Waals surface area contributed by atoms with Crippen molar-refractivity contribution in [3.05, 3.63) is 53.1 Å². The molecular weight excluding hydrogens is 254 g/mol. The Bertz CT molecular complexity index is 641. The summed E-state index contributed by atoms with van der Waals surface area (Å²) in [6.45, 7) is 4.32. The summed E-state index contributed by atoms with van der Waals surface area (Å²) in [6.07, 6.45) is 1.40. The number of carbonyl (C=O) groups is 1. The van der Waals surface area contributed by atoms with Gasteiger partial charge in [0.15, 0.2) is 0 Å². The molecule has 1 N–H and O–H groups in total. The van der Waals surface area contributed by atoms with Crippen molar-refractivity contribution in [3.63, 3.8) is 0 Å². The topological polar surface area (TPSA) is 66.3 Å². The molecule has 0 saturated heterocycles. The molecule has 0 spiro atoms. The average molecular weight is 271 g/mol. The van der Waals surface area contributed by atoms with Crippen molar-refractivity contribution in [2.75, 3.05) is 11.9 Å². The number of rotatable bonds is 4. The quantitative estimate of drug-likeness (QED) is 0.925. The van der Waals surface area contributed by atoms with Gasteiger partial charge in [-0.05, 0) is 32.0 Å². The van der Waals surface area contributed by atoms with Crippen molar-refractivity contribution in [2.45, 2.75) is 20.4 Å². The van der Waals surface area contributed by atoms with Crippen molar-refractivity contribution < 1.29 is 9.90 Å². The molecule has 2 aromatic heterocycles. The van der Waals surface area contributed by atoms with Gasteiger partial charge >= 0.3 is 5.97 Å². The molecule has 104 valence electrons. The van der Waals surface area contributed by atoms with Gasteiger partial charge in [0.1, 0.15) is 5.56 Å². The van der Waals surface area contributed by atoms with Crippen LogP contribution >= 0.6 is 0 Å². The minimum absolute atomic E-state index is 0.200. The lowest BCUT2D eigenvalue weighted by Gasteiger charge is -2.21. The highest BCUT2D eigenvalue weighted by Gasteiger charge is 2.15. The van der Waals surface area contributed by atoms with Gasteiger partial charge in [-0.3, -0.25) is 9.97 Å². The highest BCUT2D eigenvalue weighted by atomic mass is 16.4. The van der Waals surface area contributed by atoms with Crippen molar-refractivity contribution >= 4 is 11.7 Å². The van der Waals surface area contributed by atoms with E-state index in [1.807, 2.05) is 44.0 Å². The molecule has 0 aliphatic heterocycles. The third kappa shape index (κ3) is 3.12. The summed E-state index contributed by atoms with van der Waals surface area (Å²) in [5, 5.41) is 9.23. The third-order valence-corrected chi connectivity index (χ3v) is 3.01. The van der Waals surface area contributed by atoms with Gasteiger partial charge in [-0.25, -0.2) is 4.79 Å². The van der Waals surface area contributed by atoms with E-state index < -0.39 is 5.97 Å². The second-order valence-electron chi connectivity index (χ2n) is 4.77. The van der Waals surface area contributed by atoms with Gasteiger partial charge < -0.3 is 10.0 Å². The molecule has 0 aliphatic carbocycles. The monoisotopic (exact) mass is 271 g/mol. The summed E-state index contributed by atoms with van der Waals surface area (Å²) >= 11 is 0. The van der Waals surface area contributed by atoms with Crippen LogP contribution in [0.2, 0.25) is 0 Å². The van der Waals surface area contributed by atoms with Crippen molar-refractivity contribution in [1.29, 1.82) is 0 Å². The summed E-state index contributed by atoms with van der Waals surface area (Å²) in [5.41, 5.74) is 3.48. The number of carboxylic acids is 1. The minimum atomic E-state index is -0.975. The maximum atomic E-state index is 11.3. The Kier molecular flexibility index (Phi) is 3.98. The van der Waals surface area contributed by atoms with E-state index in [0.29, 0.717) is 12.2 Å². The Morgan fingerprint density at radius 3 is 2.70 bits per heavy atom. The van der Waals surface area contributed by atoms with Gasteiger partial charge in [0.05, 0.1) is 17.9 Å². The Hall–Kier alpha value is -2.43. The Morgan fingerprint density at radius 2 is 2.05 bits per heavy atom. The highest BCUT2D eigenvalue weighted by molar-refractivity contribution is 5.94. The highest BCUT2D eigenvalue weighted by Crippen LogP contribution is 2.21. The number of anilines is 1. The van der Waals surface area contributed by atoms with E-state index in [4.69, 9.17) is 0 Å². The molecule has 0 amide bonds. The molecule has 2 rings (SSSR count). The fourth-order valence-electron chi connectivity index (χ4n) is 2.04. The number of hydrogen-bond acceptors (Lipinski definition) is 4. The van der Waals surface area contributed by atoms with Crippen LogP contribution in [0, 0.1) is 13.8 Å². The van der Waals surface area contributed by atoms with E-state index in [-0.39, 0.29) is 5.56 Å². The van der Waals surface area contributed by atoms with Crippen molar-refractivity contribution in [1.82, 2.24) is 9.97 Å². The summed E-state index contributed by atoms with van der Waals surface area (Å²) in [6, 6.07) is 7.58.